The van der Waals surface area contributed by atoms with Gasteiger partial charge < -0.3 is 0 Å². The number of carbonyl (C=O) groups is 1. The Balaban J connectivity index is 2.44. The van der Waals surface area contributed by atoms with E-state index in [2.05, 4.69) is 0 Å². The van der Waals surface area contributed by atoms with Crippen molar-refractivity contribution in [3.63, 3.8) is 0 Å². The number of benzene rings is 2. The van der Waals surface area contributed by atoms with Crippen LogP contribution in [0.1, 0.15) is 15.9 Å². The molecule has 0 aromatic heterocycles. The maximum absolute atomic E-state index is 12.2. The number of halogens is 4. The van der Waals surface area contributed by atoms with E-state index in [0.29, 0.717) is 31.2 Å². The van der Waals surface area contributed by atoms with E-state index in [1.807, 2.05) is 0 Å². The summed E-state index contributed by atoms with van der Waals surface area (Å²) in [4.78, 5) is 12.2. The first-order valence-electron chi connectivity index (χ1n) is 4.93. The molecule has 0 spiro atoms. The van der Waals surface area contributed by atoms with Gasteiger partial charge in [-0.1, -0.05) is 46.4 Å². The molecule has 0 N–H and O–H groups in total. The summed E-state index contributed by atoms with van der Waals surface area (Å²) in [6.07, 6.45) is 0. The van der Waals surface area contributed by atoms with Crippen molar-refractivity contribution in [3.05, 3.63) is 67.6 Å². The highest BCUT2D eigenvalue weighted by Gasteiger charge is 2.12. The SMILES string of the molecule is O=C(c1cc(Cl)cc(Cl)c1)c1ccc(Cl)c(Cl)c1. The van der Waals surface area contributed by atoms with E-state index in [1.165, 1.54) is 6.07 Å². The molecule has 5 heteroatoms. The quantitative estimate of drug-likeness (QED) is 0.665. The number of ketones is 1. The van der Waals surface area contributed by atoms with E-state index in [0.717, 1.165) is 0 Å². The monoisotopic (exact) mass is 318 g/mol. The fraction of sp³-hybridized carbons (Fsp3) is 0. The zero-order valence-corrected chi connectivity index (χ0v) is 11.9. The summed E-state index contributed by atoms with van der Waals surface area (Å²) < 4.78 is 0. The molecule has 0 fully saturated rings. The second kappa shape index (κ2) is 5.50. The molecule has 92 valence electrons. The van der Waals surface area contributed by atoms with Crippen molar-refractivity contribution < 1.29 is 4.79 Å². The molecule has 0 heterocycles. The summed E-state index contributed by atoms with van der Waals surface area (Å²) >= 11 is 23.4. The van der Waals surface area contributed by atoms with Crippen molar-refractivity contribution in [2.45, 2.75) is 0 Å². The summed E-state index contributed by atoms with van der Waals surface area (Å²) in [5.41, 5.74) is 0.841. The maximum atomic E-state index is 12.2. The third kappa shape index (κ3) is 2.99. The molecular weight excluding hydrogens is 314 g/mol. The normalized spacial score (nSPS) is 10.4. The molecule has 0 aliphatic carbocycles. The van der Waals surface area contributed by atoms with Gasteiger partial charge in [0.1, 0.15) is 0 Å². The molecule has 0 amide bonds. The van der Waals surface area contributed by atoms with Gasteiger partial charge >= 0.3 is 0 Å². The molecule has 0 saturated carbocycles. The van der Waals surface area contributed by atoms with Gasteiger partial charge in [-0.2, -0.15) is 0 Å². The van der Waals surface area contributed by atoms with Crippen LogP contribution in [-0.2, 0) is 0 Å². The first-order valence-corrected chi connectivity index (χ1v) is 6.44. The Morgan fingerprint density at radius 2 is 1.33 bits per heavy atom. The number of rotatable bonds is 2. The largest absolute Gasteiger partial charge is 0.289 e. The average molecular weight is 320 g/mol. The van der Waals surface area contributed by atoms with Gasteiger partial charge in [0.25, 0.3) is 0 Å². The van der Waals surface area contributed by atoms with Gasteiger partial charge in [0.15, 0.2) is 5.78 Å². The highest BCUT2D eigenvalue weighted by molar-refractivity contribution is 6.42. The van der Waals surface area contributed by atoms with Gasteiger partial charge in [0, 0.05) is 21.2 Å². The highest BCUT2D eigenvalue weighted by atomic mass is 35.5. The van der Waals surface area contributed by atoms with Crippen LogP contribution < -0.4 is 0 Å². The van der Waals surface area contributed by atoms with Crippen molar-refractivity contribution in [1.29, 1.82) is 0 Å². The Labute approximate surface area is 124 Å². The third-order valence-electron chi connectivity index (χ3n) is 2.31. The Bertz CT molecular complexity index is 602. The predicted octanol–water partition coefficient (Wildman–Crippen LogP) is 5.53. The second-order valence-corrected chi connectivity index (χ2v) is 5.30. The van der Waals surface area contributed by atoms with Crippen molar-refractivity contribution in [3.8, 4) is 0 Å². The molecule has 0 bridgehead atoms. The van der Waals surface area contributed by atoms with Crippen LogP contribution in [-0.4, -0.2) is 5.78 Å². The minimum absolute atomic E-state index is 0.210. The summed E-state index contributed by atoms with van der Waals surface area (Å²) in [5.74, 6) is -0.210. The summed E-state index contributed by atoms with van der Waals surface area (Å²) in [6.45, 7) is 0. The van der Waals surface area contributed by atoms with E-state index < -0.39 is 0 Å². The van der Waals surface area contributed by atoms with Crippen molar-refractivity contribution in [2.24, 2.45) is 0 Å². The Hall–Kier alpha value is -0.730. The smallest absolute Gasteiger partial charge is 0.193 e. The van der Waals surface area contributed by atoms with Crippen LogP contribution in [0.4, 0.5) is 0 Å². The fourth-order valence-corrected chi connectivity index (χ4v) is 2.31. The Morgan fingerprint density at radius 3 is 1.89 bits per heavy atom. The van der Waals surface area contributed by atoms with Gasteiger partial charge in [-0.25, -0.2) is 0 Å². The van der Waals surface area contributed by atoms with E-state index in [4.69, 9.17) is 46.4 Å². The zero-order chi connectivity index (χ0) is 13.3. The summed E-state index contributed by atoms with van der Waals surface area (Å²) in [7, 11) is 0. The lowest BCUT2D eigenvalue weighted by Crippen LogP contribution is -2.01. The van der Waals surface area contributed by atoms with Gasteiger partial charge in [-0.05, 0) is 36.4 Å². The lowest BCUT2D eigenvalue weighted by atomic mass is 10.0. The molecule has 1 nitrogen and oxygen atoms in total. The van der Waals surface area contributed by atoms with Crippen LogP contribution >= 0.6 is 46.4 Å². The van der Waals surface area contributed by atoms with Crippen LogP contribution in [0.2, 0.25) is 20.1 Å². The lowest BCUT2D eigenvalue weighted by molar-refractivity contribution is 0.103. The molecule has 0 unspecified atom stereocenters. The summed E-state index contributed by atoms with van der Waals surface area (Å²) in [6, 6.07) is 9.36. The van der Waals surface area contributed by atoms with Crippen molar-refractivity contribution >= 4 is 52.2 Å². The predicted molar refractivity (Wildman–Crippen MR) is 76.4 cm³/mol. The third-order valence-corrected chi connectivity index (χ3v) is 3.48. The molecule has 0 radical (unpaired) electrons. The standard InChI is InChI=1S/C13H6Cl4O/c14-9-3-8(4-10(15)6-9)13(18)7-1-2-11(16)12(17)5-7/h1-6H. The maximum Gasteiger partial charge on any atom is 0.193 e. The molecule has 2 aromatic carbocycles. The number of hydrogen-bond acceptors (Lipinski definition) is 1. The first kappa shape index (κ1) is 13.7. The van der Waals surface area contributed by atoms with E-state index >= 15 is 0 Å². The van der Waals surface area contributed by atoms with Crippen LogP contribution in [0.3, 0.4) is 0 Å². The summed E-state index contributed by atoms with van der Waals surface area (Å²) in [5, 5.41) is 1.55. The van der Waals surface area contributed by atoms with Gasteiger partial charge in [-0.3, -0.25) is 4.79 Å². The second-order valence-electron chi connectivity index (χ2n) is 3.62. The number of hydrogen-bond donors (Lipinski definition) is 0. The molecule has 0 aliphatic rings. The van der Waals surface area contributed by atoms with Crippen molar-refractivity contribution in [1.82, 2.24) is 0 Å². The highest BCUT2D eigenvalue weighted by Crippen LogP contribution is 2.25. The van der Waals surface area contributed by atoms with Crippen LogP contribution in [0, 0.1) is 0 Å². The molecule has 0 aliphatic heterocycles. The first-order chi connectivity index (χ1) is 8.47. The van der Waals surface area contributed by atoms with Crippen LogP contribution in [0.25, 0.3) is 0 Å². The van der Waals surface area contributed by atoms with Gasteiger partial charge in [0.2, 0.25) is 0 Å². The van der Waals surface area contributed by atoms with E-state index in [1.54, 1.807) is 30.3 Å². The zero-order valence-electron chi connectivity index (χ0n) is 8.88. The minimum Gasteiger partial charge on any atom is -0.289 e. The molecule has 0 saturated heterocycles. The Morgan fingerprint density at radius 1 is 0.722 bits per heavy atom. The molecular formula is C13H6Cl4O. The topological polar surface area (TPSA) is 17.1 Å². The molecule has 0 atom stereocenters. The minimum atomic E-state index is -0.210. The van der Waals surface area contributed by atoms with Crippen LogP contribution in [0.15, 0.2) is 36.4 Å². The van der Waals surface area contributed by atoms with Crippen molar-refractivity contribution in [2.75, 3.05) is 0 Å². The average Bonchev–Trinajstić information content (AvgIpc) is 2.30. The Kier molecular flexibility index (Phi) is 4.18. The van der Waals surface area contributed by atoms with Gasteiger partial charge in [0.05, 0.1) is 10.0 Å². The lowest BCUT2D eigenvalue weighted by Gasteiger charge is -2.04. The fourth-order valence-electron chi connectivity index (χ4n) is 1.49. The van der Waals surface area contributed by atoms with Crippen LogP contribution in [0.5, 0.6) is 0 Å². The molecule has 2 aromatic rings. The number of carbonyl (C=O) groups excluding carboxylic acids is 1. The molecule has 2 rings (SSSR count). The molecule has 18 heavy (non-hydrogen) atoms. The van der Waals surface area contributed by atoms with E-state index in [9.17, 15) is 4.79 Å². The van der Waals surface area contributed by atoms with E-state index in [-0.39, 0.29) is 5.78 Å². The van der Waals surface area contributed by atoms with Gasteiger partial charge in [-0.15, -0.1) is 0 Å².